The second kappa shape index (κ2) is 4.32. The number of aromatic nitrogens is 1. The van der Waals surface area contributed by atoms with E-state index in [1.54, 1.807) is 0 Å². The lowest BCUT2D eigenvalue weighted by Gasteiger charge is -2.12. The van der Waals surface area contributed by atoms with E-state index in [1.165, 1.54) is 0 Å². The molecule has 7 heteroatoms. The monoisotopic (exact) mass is 260 g/mol. The van der Waals surface area contributed by atoms with E-state index in [9.17, 15) is 12.8 Å². The van der Waals surface area contributed by atoms with Crippen molar-refractivity contribution in [1.29, 1.82) is 0 Å². The Labute approximate surface area is 98.7 Å². The summed E-state index contributed by atoms with van der Waals surface area (Å²) in [6.45, 7) is 0.124. The van der Waals surface area contributed by atoms with Gasteiger partial charge in [0.15, 0.2) is 0 Å². The highest BCUT2D eigenvalue weighted by atomic mass is 32.2. The molecule has 1 saturated carbocycles. The summed E-state index contributed by atoms with van der Waals surface area (Å²) in [6, 6.07) is 0.911. The molecule has 1 fully saturated rings. The summed E-state index contributed by atoms with van der Waals surface area (Å²) in [6.07, 6.45) is 3.62. The van der Waals surface area contributed by atoms with Crippen molar-refractivity contribution in [2.24, 2.45) is 5.41 Å². The van der Waals surface area contributed by atoms with Gasteiger partial charge in [-0.05, 0) is 18.9 Å². The minimum atomic E-state index is -3.75. The summed E-state index contributed by atoms with van der Waals surface area (Å²) in [5.41, 5.74) is -0.326. The highest BCUT2D eigenvalue weighted by Crippen LogP contribution is 2.44. The summed E-state index contributed by atoms with van der Waals surface area (Å²) in [7, 11) is -3.75. The number of hydrogen-bond acceptors (Lipinski definition) is 4. The number of sulfonamides is 1. The van der Waals surface area contributed by atoms with Gasteiger partial charge in [0.2, 0.25) is 10.0 Å². The second-order valence-corrected chi connectivity index (χ2v) is 6.09. The summed E-state index contributed by atoms with van der Waals surface area (Å²) in [4.78, 5) is 3.28. The summed E-state index contributed by atoms with van der Waals surface area (Å²) < 4.78 is 38.8. The van der Waals surface area contributed by atoms with E-state index < -0.39 is 15.8 Å². The van der Waals surface area contributed by atoms with Crippen LogP contribution in [-0.2, 0) is 10.0 Å². The van der Waals surface area contributed by atoms with Crippen LogP contribution in [0.3, 0.4) is 0 Å². The first-order valence-corrected chi connectivity index (χ1v) is 6.67. The van der Waals surface area contributed by atoms with E-state index in [4.69, 9.17) is 5.11 Å². The highest BCUT2D eigenvalue weighted by Gasteiger charge is 2.42. The summed E-state index contributed by atoms with van der Waals surface area (Å²) in [5, 5.41) is 9.06. The topological polar surface area (TPSA) is 79.3 Å². The number of aliphatic hydroxyl groups excluding tert-OH is 1. The quantitative estimate of drug-likeness (QED) is 0.796. The molecule has 0 unspecified atom stereocenters. The zero-order valence-corrected chi connectivity index (χ0v) is 9.87. The minimum Gasteiger partial charge on any atom is -0.396 e. The van der Waals surface area contributed by atoms with Crippen molar-refractivity contribution in [2.75, 3.05) is 13.2 Å². The molecule has 0 saturated heterocycles. The Hall–Kier alpha value is -1.05. The third-order valence-corrected chi connectivity index (χ3v) is 4.29. The Bertz CT molecular complexity index is 514. The van der Waals surface area contributed by atoms with E-state index >= 15 is 0 Å². The zero-order valence-electron chi connectivity index (χ0n) is 9.06. The van der Waals surface area contributed by atoms with Crippen molar-refractivity contribution in [3.63, 3.8) is 0 Å². The Kier molecular flexibility index (Phi) is 3.15. The first-order chi connectivity index (χ1) is 7.97. The standard InChI is InChI=1S/C10H13FN2O3S/c11-8-3-9(5-12-4-8)17(15,16)13-6-10(7-14)1-2-10/h3-5,13-14H,1-2,6-7H2. The Morgan fingerprint density at radius 2 is 2.18 bits per heavy atom. The summed E-state index contributed by atoms with van der Waals surface area (Å²) in [5.74, 6) is -0.698. The van der Waals surface area contributed by atoms with Crippen LogP contribution < -0.4 is 4.72 Å². The molecular formula is C10H13FN2O3S. The average Bonchev–Trinajstić information content (AvgIpc) is 3.07. The molecule has 1 heterocycles. The number of aliphatic hydroxyl groups is 1. The molecule has 0 bridgehead atoms. The number of nitrogens with one attached hydrogen (secondary N) is 1. The highest BCUT2D eigenvalue weighted by molar-refractivity contribution is 7.89. The lowest BCUT2D eigenvalue weighted by atomic mass is 10.1. The van der Waals surface area contributed by atoms with Crippen LogP contribution >= 0.6 is 0 Å². The van der Waals surface area contributed by atoms with Gasteiger partial charge in [0, 0.05) is 24.8 Å². The SMILES string of the molecule is O=S(=O)(NCC1(CO)CC1)c1cncc(F)c1. The van der Waals surface area contributed by atoms with Crippen molar-refractivity contribution in [3.8, 4) is 0 Å². The molecule has 0 aliphatic heterocycles. The molecule has 1 aliphatic rings. The fraction of sp³-hybridized carbons (Fsp3) is 0.500. The first-order valence-electron chi connectivity index (χ1n) is 5.19. The molecule has 0 amide bonds. The Balaban J connectivity index is 2.09. The van der Waals surface area contributed by atoms with Crippen molar-refractivity contribution >= 4 is 10.0 Å². The van der Waals surface area contributed by atoms with Crippen molar-refractivity contribution in [3.05, 3.63) is 24.3 Å². The molecule has 17 heavy (non-hydrogen) atoms. The molecule has 0 atom stereocenters. The van der Waals surface area contributed by atoms with Gasteiger partial charge in [0.05, 0.1) is 6.20 Å². The predicted molar refractivity (Wildman–Crippen MR) is 58.1 cm³/mol. The molecule has 2 rings (SSSR count). The molecule has 0 aromatic carbocycles. The smallest absolute Gasteiger partial charge is 0.242 e. The Morgan fingerprint density at radius 3 is 2.71 bits per heavy atom. The van der Waals surface area contributed by atoms with Gasteiger partial charge in [-0.2, -0.15) is 0 Å². The third-order valence-electron chi connectivity index (χ3n) is 2.92. The number of pyridine rings is 1. The lowest BCUT2D eigenvalue weighted by Crippen LogP contribution is -2.32. The van der Waals surface area contributed by atoms with E-state index in [2.05, 4.69) is 9.71 Å². The average molecular weight is 260 g/mol. The van der Waals surface area contributed by atoms with Crippen molar-refractivity contribution < 1.29 is 17.9 Å². The maximum atomic E-state index is 12.9. The molecule has 2 N–H and O–H groups in total. The van der Waals surface area contributed by atoms with Crippen molar-refractivity contribution in [1.82, 2.24) is 9.71 Å². The van der Waals surface area contributed by atoms with Crippen LogP contribution in [0.2, 0.25) is 0 Å². The van der Waals surface area contributed by atoms with Crippen LogP contribution in [0.4, 0.5) is 4.39 Å². The zero-order chi connectivity index (χ0) is 12.5. The van der Waals surface area contributed by atoms with Gasteiger partial charge in [-0.1, -0.05) is 0 Å². The van der Waals surface area contributed by atoms with Crippen LogP contribution in [0.15, 0.2) is 23.4 Å². The minimum absolute atomic E-state index is 0.0447. The number of nitrogens with zero attached hydrogens (tertiary/aromatic N) is 1. The van der Waals surface area contributed by atoms with Crippen LogP contribution in [0, 0.1) is 11.2 Å². The molecule has 5 nitrogen and oxygen atoms in total. The lowest BCUT2D eigenvalue weighted by molar-refractivity contribution is 0.213. The number of rotatable bonds is 5. The maximum Gasteiger partial charge on any atom is 0.242 e. The molecule has 94 valence electrons. The molecular weight excluding hydrogens is 247 g/mol. The molecule has 1 aromatic rings. The van der Waals surface area contributed by atoms with Crippen LogP contribution in [0.1, 0.15) is 12.8 Å². The second-order valence-electron chi connectivity index (χ2n) is 4.32. The summed E-state index contributed by atoms with van der Waals surface area (Å²) >= 11 is 0. The first kappa shape index (κ1) is 12.4. The van der Waals surface area contributed by atoms with E-state index in [-0.39, 0.29) is 23.5 Å². The van der Waals surface area contributed by atoms with E-state index in [1.807, 2.05) is 0 Å². The van der Waals surface area contributed by atoms with Gasteiger partial charge in [0.1, 0.15) is 10.7 Å². The van der Waals surface area contributed by atoms with Gasteiger partial charge >= 0.3 is 0 Å². The van der Waals surface area contributed by atoms with Gasteiger partial charge in [-0.3, -0.25) is 4.98 Å². The van der Waals surface area contributed by atoms with E-state index in [0.29, 0.717) is 0 Å². The molecule has 0 radical (unpaired) electrons. The third kappa shape index (κ3) is 2.80. The van der Waals surface area contributed by atoms with Gasteiger partial charge < -0.3 is 5.11 Å². The largest absolute Gasteiger partial charge is 0.396 e. The van der Waals surface area contributed by atoms with Crippen molar-refractivity contribution in [2.45, 2.75) is 17.7 Å². The predicted octanol–water partition coefficient (Wildman–Crippen LogP) is 0.271. The van der Waals surface area contributed by atoms with Crippen LogP contribution in [-0.4, -0.2) is 31.7 Å². The number of halogens is 1. The van der Waals surface area contributed by atoms with Gasteiger partial charge in [-0.15, -0.1) is 0 Å². The van der Waals surface area contributed by atoms with Crippen LogP contribution in [0.25, 0.3) is 0 Å². The fourth-order valence-corrected chi connectivity index (χ4v) is 2.57. The normalized spacial score (nSPS) is 18.0. The van der Waals surface area contributed by atoms with Gasteiger partial charge in [0.25, 0.3) is 0 Å². The molecule has 1 aliphatic carbocycles. The molecule has 1 aromatic heterocycles. The van der Waals surface area contributed by atoms with Gasteiger partial charge in [-0.25, -0.2) is 17.5 Å². The van der Waals surface area contributed by atoms with E-state index in [0.717, 1.165) is 31.3 Å². The fourth-order valence-electron chi connectivity index (χ4n) is 1.44. The van der Waals surface area contributed by atoms with Crippen LogP contribution in [0.5, 0.6) is 0 Å². The number of hydrogen-bond donors (Lipinski definition) is 2. The molecule has 0 spiro atoms. The maximum absolute atomic E-state index is 12.9. The Morgan fingerprint density at radius 1 is 1.47 bits per heavy atom.